The lowest BCUT2D eigenvalue weighted by Crippen LogP contribution is -2.51. The number of amides is 2. The van der Waals surface area contributed by atoms with Crippen molar-refractivity contribution in [3.8, 4) is 0 Å². The summed E-state index contributed by atoms with van der Waals surface area (Å²) in [6.07, 6.45) is 1.20. The summed E-state index contributed by atoms with van der Waals surface area (Å²) in [7, 11) is 0. The molecular formula is C30H34Cl2N2O2S. The Morgan fingerprint density at radius 1 is 0.919 bits per heavy atom. The first-order valence-electron chi connectivity index (χ1n) is 12.5. The van der Waals surface area contributed by atoms with Gasteiger partial charge >= 0.3 is 0 Å². The number of thioether (sulfide) groups is 1. The smallest absolute Gasteiger partial charge is 0.243 e. The summed E-state index contributed by atoms with van der Waals surface area (Å²) in [5.74, 6) is 0.640. The second-order valence-electron chi connectivity index (χ2n) is 9.21. The van der Waals surface area contributed by atoms with Crippen LogP contribution >= 0.6 is 35.0 Å². The first kappa shape index (κ1) is 29.1. The van der Waals surface area contributed by atoms with Gasteiger partial charge in [0.1, 0.15) is 6.04 Å². The van der Waals surface area contributed by atoms with Crippen molar-refractivity contribution >= 4 is 46.8 Å². The number of hydrogen-bond donors (Lipinski definition) is 1. The molecule has 196 valence electrons. The molecule has 0 radical (unpaired) electrons. The number of rotatable bonds is 12. The van der Waals surface area contributed by atoms with Gasteiger partial charge in [-0.15, -0.1) is 11.8 Å². The topological polar surface area (TPSA) is 49.4 Å². The van der Waals surface area contributed by atoms with Crippen LogP contribution in [0, 0.1) is 13.8 Å². The summed E-state index contributed by atoms with van der Waals surface area (Å²) in [6.45, 7) is 6.84. The van der Waals surface area contributed by atoms with Crippen molar-refractivity contribution in [2.45, 2.75) is 52.0 Å². The van der Waals surface area contributed by atoms with Crippen LogP contribution < -0.4 is 5.32 Å². The van der Waals surface area contributed by atoms with Crippen LogP contribution in [0.1, 0.15) is 41.2 Å². The van der Waals surface area contributed by atoms with Crippen LogP contribution in [-0.4, -0.2) is 35.1 Å². The van der Waals surface area contributed by atoms with Gasteiger partial charge in [-0.05, 0) is 43.5 Å². The molecule has 0 saturated heterocycles. The molecule has 0 aromatic heterocycles. The maximum absolute atomic E-state index is 13.7. The summed E-state index contributed by atoms with van der Waals surface area (Å²) < 4.78 is 0. The number of benzene rings is 3. The molecule has 1 atom stereocenters. The molecule has 3 rings (SSSR count). The Bertz CT molecular complexity index is 1160. The second kappa shape index (κ2) is 14.5. The van der Waals surface area contributed by atoms with Crippen LogP contribution in [0.25, 0.3) is 0 Å². The Hall–Kier alpha value is -2.47. The van der Waals surface area contributed by atoms with Gasteiger partial charge in [-0.3, -0.25) is 9.59 Å². The summed E-state index contributed by atoms with van der Waals surface area (Å²) in [5, 5.41) is 3.94. The van der Waals surface area contributed by atoms with Crippen molar-refractivity contribution in [2.75, 3.05) is 12.3 Å². The molecule has 7 heteroatoms. The lowest BCUT2D eigenvalue weighted by Gasteiger charge is -2.32. The first-order valence-corrected chi connectivity index (χ1v) is 14.4. The average Bonchev–Trinajstić information content (AvgIpc) is 2.86. The highest BCUT2D eigenvalue weighted by molar-refractivity contribution is 7.99. The largest absolute Gasteiger partial charge is 0.354 e. The minimum absolute atomic E-state index is 0.127. The number of nitrogens with zero attached hydrogens (tertiary/aromatic N) is 1. The zero-order valence-corrected chi connectivity index (χ0v) is 23.9. The van der Waals surface area contributed by atoms with E-state index in [1.54, 1.807) is 34.9 Å². The van der Waals surface area contributed by atoms with Gasteiger partial charge < -0.3 is 10.2 Å². The minimum atomic E-state index is -0.699. The van der Waals surface area contributed by atoms with Gasteiger partial charge in [0.05, 0.1) is 5.75 Å². The third-order valence-corrected chi connectivity index (χ3v) is 7.68. The molecule has 0 bridgehead atoms. The molecule has 0 aliphatic heterocycles. The van der Waals surface area contributed by atoms with Crippen molar-refractivity contribution in [3.63, 3.8) is 0 Å². The average molecular weight is 558 g/mol. The van der Waals surface area contributed by atoms with E-state index in [4.69, 9.17) is 23.2 Å². The van der Waals surface area contributed by atoms with Gasteiger partial charge in [-0.1, -0.05) is 95.8 Å². The van der Waals surface area contributed by atoms with Crippen molar-refractivity contribution in [1.29, 1.82) is 0 Å². The lowest BCUT2D eigenvalue weighted by atomic mass is 10.0. The van der Waals surface area contributed by atoms with E-state index in [1.165, 1.54) is 16.7 Å². The third-order valence-electron chi connectivity index (χ3n) is 5.99. The number of carbonyl (C=O) groups is 2. The highest BCUT2D eigenvalue weighted by Crippen LogP contribution is 2.28. The monoisotopic (exact) mass is 556 g/mol. The fraction of sp³-hybridized carbons (Fsp3) is 0.333. The molecule has 0 spiro atoms. The predicted molar refractivity (Wildman–Crippen MR) is 156 cm³/mol. The van der Waals surface area contributed by atoms with Gasteiger partial charge in [0.15, 0.2) is 0 Å². The van der Waals surface area contributed by atoms with Crippen LogP contribution in [0.2, 0.25) is 10.0 Å². The van der Waals surface area contributed by atoms with Crippen molar-refractivity contribution in [3.05, 3.63) is 105 Å². The molecule has 37 heavy (non-hydrogen) atoms. The van der Waals surface area contributed by atoms with Crippen LogP contribution in [-0.2, 0) is 28.3 Å². The maximum Gasteiger partial charge on any atom is 0.243 e. The van der Waals surface area contributed by atoms with E-state index >= 15 is 0 Å². The van der Waals surface area contributed by atoms with Gasteiger partial charge in [0.25, 0.3) is 0 Å². The van der Waals surface area contributed by atoms with E-state index in [0.29, 0.717) is 34.3 Å². The summed E-state index contributed by atoms with van der Waals surface area (Å²) >= 11 is 14.5. The lowest BCUT2D eigenvalue weighted by molar-refractivity contribution is -0.139. The Morgan fingerprint density at radius 2 is 1.57 bits per heavy atom. The van der Waals surface area contributed by atoms with E-state index in [-0.39, 0.29) is 24.1 Å². The highest BCUT2D eigenvalue weighted by Gasteiger charge is 2.31. The van der Waals surface area contributed by atoms with Crippen molar-refractivity contribution in [1.82, 2.24) is 10.2 Å². The normalized spacial score (nSPS) is 11.7. The Labute approximate surface area is 234 Å². The number of aryl methyl sites for hydroxylation is 2. The molecule has 0 aliphatic carbocycles. The quantitative estimate of drug-likeness (QED) is 0.261. The number of hydrogen-bond acceptors (Lipinski definition) is 3. The molecule has 0 saturated carbocycles. The Kier molecular flexibility index (Phi) is 11.4. The fourth-order valence-electron chi connectivity index (χ4n) is 4.27. The molecule has 0 fully saturated rings. The molecule has 4 nitrogen and oxygen atoms in total. The molecule has 2 amide bonds. The highest BCUT2D eigenvalue weighted by atomic mass is 35.5. The van der Waals surface area contributed by atoms with Gasteiger partial charge in [-0.25, -0.2) is 0 Å². The van der Waals surface area contributed by atoms with Crippen molar-refractivity contribution < 1.29 is 9.59 Å². The summed E-state index contributed by atoms with van der Waals surface area (Å²) in [5.41, 5.74) is 5.20. The second-order valence-corrected chi connectivity index (χ2v) is 11.0. The molecule has 0 unspecified atom stereocenters. The standard InChI is InChI=1S/C30H34Cl2N2O2S/c1-4-13-33-30(36)28(17-23-9-6-5-7-10-23)34(18-25-26(31)11-8-12-27(25)32)29(35)20-37-19-24-15-21(2)14-22(3)16-24/h5-12,14-16,28H,4,13,17-20H2,1-3H3,(H,33,36)/t28-/m0/s1. The number of halogens is 2. The minimum Gasteiger partial charge on any atom is -0.354 e. The summed E-state index contributed by atoms with van der Waals surface area (Å²) in [4.78, 5) is 28.8. The predicted octanol–water partition coefficient (Wildman–Crippen LogP) is 7.01. The van der Waals surface area contributed by atoms with Crippen LogP contribution in [0.3, 0.4) is 0 Å². The Balaban J connectivity index is 1.88. The molecular weight excluding hydrogens is 523 g/mol. The SMILES string of the molecule is CCCNC(=O)[C@H](Cc1ccccc1)N(Cc1c(Cl)cccc1Cl)C(=O)CSCc1cc(C)cc(C)c1. The Morgan fingerprint density at radius 3 is 2.19 bits per heavy atom. The van der Waals surface area contributed by atoms with E-state index < -0.39 is 6.04 Å². The van der Waals surface area contributed by atoms with E-state index in [1.807, 2.05) is 37.3 Å². The van der Waals surface area contributed by atoms with Gasteiger partial charge in [0.2, 0.25) is 11.8 Å². The number of nitrogens with one attached hydrogen (secondary N) is 1. The molecule has 0 aliphatic rings. The summed E-state index contributed by atoms with van der Waals surface area (Å²) in [6, 6.07) is 20.8. The third kappa shape index (κ3) is 8.80. The van der Waals surface area contributed by atoms with Crippen LogP contribution in [0.15, 0.2) is 66.7 Å². The zero-order valence-electron chi connectivity index (χ0n) is 21.6. The molecule has 3 aromatic rings. The van der Waals surface area contributed by atoms with E-state index in [2.05, 4.69) is 37.4 Å². The number of carbonyl (C=O) groups excluding carboxylic acids is 2. The van der Waals surface area contributed by atoms with Crippen LogP contribution in [0.5, 0.6) is 0 Å². The maximum atomic E-state index is 13.7. The van der Waals surface area contributed by atoms with Gasteiger partial charge in [-0.2, -0.15) is 0 Å². The van der Waals surface area contributed by atoms with Crippen molar-refractivity contribution in [2.24, 2.45) is 0 Å². The first-order chi connectivity index (χ1) is 17.8. The molecule has 0 heterocycles. The molecule has 3 aromatic carbocycles. The molecule has 1 N–H and O–H groups in total. The van der Waals surface area contributed by atoms with E-state index in [9.17, 15) is 9.59 Å². The fourth-order valence-corrected chi connectivity index (χ4v) is 5.63. The van der Waals surface area contributed by atoms with E-state index in [0.717, 1.165) is 12.0 Å². The zero-order chi connectivity index (χ0) is 26.8. The van der Waals surface area contributed by atoms with Gasteiger partial charge in [0, 0.05) is 40.9 Å². The van der Waals surface area contributed by atoms with Crippen LogP contribution in [0.4, 0.5) is 0 Å².